The minimum atomic E-state index is 0.164. The van der Waals surface area contributed by atoms with Gasteiger partial charge in [0.15, 0.2) is 0 Å². The molecule has 1 saturated carbocycles. The van der Waals surface area contributed by atoms with Crippen molar-refractivity contribution in [2.75, 3.05) is 5.88 Å². The summed E-state index contributed by atoms with van der Waals surface area (Å²) in [4.78, 5) is 0. The normalized spacial score (nSPS) is 28.3. The zero-order valence-electron chi connectivity index (χ0n) is 11.5. The van der Waals surface area contributed by atoms with Crippen molar-refractivity contribution < 1.29 is 0 Å². The van der Waals surface area contributed by atoms with Crippen molar-refractivity contribution in [2.45, 2.75) is 51.6 Å². The summed E-state index contributed by atoms with van der Waals surface area (Å²) in [5, 5.41) is 3.72. The molecule has 2 heteroatoms. The van der Waals surface area contributed by atoms with Gasteiger partial charge in [-0.05, 0) is 44.1 Å². The summed E-state index contributed by atoms with van der Waals surface area (Å²) >= 11 is 6.22. The summed E-state index contributed by atoms with van der Waals surface area (Å²) in [6.45, 7) is 5.42. The lowest BCUT2D eigenvalue weighted by atomic mass is 9.78. The summed E-state index contributed by atoms with van der Waals surface area (Å²) in [6.07, 6.45) is 5.02. The third kappa shape index (κ3) is 3.49. The van der Waals surface area contributed by atoms with Crippen molar-refractivity contribution in [3.05, 3.63) is 35.4 Å². The zero-order valence-corrected chi connectivity index (χ0v) is 12.3. The van der Waals surface area contributed by atoms with E-state index in [1.54, 1.807) is 0 Å². The number of nitrogens with one attached hydrogen (secondary N) is 1. The molecule has 1 aliphatic carbocycles. The van der Waals surface area contributed by atoms with Crippen molar-refractivity contribution in [3.63, 3.8) is 0 Å². The third-order valence-electron chi connectivity index (χ3n) is 4.24. The quantitative estimate of drug-likeness (QED) is 0.802. The zero-order chi connectivity index (χ0) is 13.0. The van der Waals surface area contributed by atoms with Crippen LogP contribution in [0.4, 0.5) is 0 Å². The average molecular weight is 266 g/mol. The smallest absolute Gasteiger partial charge is 0.0406 e. The number of hydrogen-bond acceptors (Lipinski definition) is 1. The highest BCUT2D eigenvalue weighted by atomic mass is 35.5. The maximum Gasteiger partial charge on any atom is 0.0406 e. The maximum atomic E-state index is 6.22. The van der Waals surface area contributed by atoms with Crippen molar-refractivity contribution >= 4 is 11.6 Å². The van der Waals surface area contributed by atoms with Gasteiger partial charge in [0.2, 0.25) is 0 Å². The molecule has 0 saturated heterocycles. The molecule has 1 aliphatic rings. The number of alkyl halides is 1. The van der Waals surface area contributed by atoms with E-state index < -0.39 is 0 Å². The van der Waals surface area contributed by atoms with Crippen LogP contribution in [0.25, 0.3) is 0 Å². The van der Waals surface area contributed by atoms with Gasteiger partial charge in [0.25, 0.3) is 0 Å². The molecular weight excluding hydrogens is 242 g/mol. The first-order valence-corrected chi connectivity index (χ1v) is 7.53. The van der Waals surface area contributed by atoms with E-state index in [-0.39, 0.29) is 5.54 Å². The first kappa shape index (κ1) is 13.9. The van der Waals surface area contributed by atoms with E-state index in [0.717, 1.165) is 18.3 Å². The molecule has 100 valence electrons. The molecule has 1 aromatic rings. The van der Waals surface area contributed by atoms with Crippen LogP contribution in [-0.4, -0.2) is 11.4 Å². The Labute approximate surface area is 116 Å². The monoisotopic (exact) mass is 265 g/mol. The lowest BCUT2D eigenvalue weighted by Crippen LogP contribution is -2.49. The fraction of sp³-hybridized carbons (Fsp3) is 0.625. The lowest BCUT2D eigenvalue weighted by Gasteiger charge is -2.39. The van der Waals surface area contributed by atoms with E-state index in [4.69, 9.17) is 11.6 Å². The van der Waals surface area contributed by atoms with Crippen LogP contribution in [0, 0.1) is 12.8 Å². The topological polar surface area (TPSA) is 12.0 Å². The fourth-order valence-corrected chi connectivity index (χ4v) is 3.15. The second-order valence-electron chi connectivity index (χ2n) is 5.94. The number of benzene rings is 1. The highest BCUT2D eigenvalue weighted by molar-refractivity contribution is 6.18. The van der Waals surface area contributed by atoms with Gasteiger partial charge in [-0.25, -0.2) is 0 Å². The Bertz CT molecular complexity index is 380. The largest absolute Gasteiger partial charge is 0.306 e. The van der Waals surface area contributed by atoms with Gasteiger partial charge < -0.3 is 5.32 Å². The molecule has 0 amide bonds. The van der Waals surface area contributed by atoms with Gasteiger partial charge in [0.05, 0.1) is 0 Å². The van der Waals surface area contributed by atoms with E-state index in [9.17, 15) is 0 Å². The average Bonchev–Trinajstić information content (AvgIpc) is 2.39. The van der Waals surface area contributed by atoms with Crippen LogP contribution < -0.4 is 5.32 Å². The van der Waals surface area contributed by atoms with Gasteiger partial charge in [-0.15, -0.1) is 11.6 Å². The van der Waals surface area contributed by atoms with Gasteiger partial charge in [0.1, 0.15) is 0 Å². The van der Waals surface area contributed by atoms with Crippen molar-refractivity contribution in [1.29, 1.82) is 0 Å². The van der Waals surface area contributed by atoms with Gasteiger partial charge in [-0.2, -0.15) is 0 Å². The number of hydrogen-bond donors (Lipinski definition) is 1. The van der Waals surface area contributed by atoms with Crippen LogP contribution in [0.15, 0.2) is 24.3 Å². The second kappa shape index (κ2) is 6.08. The minimum absolute atomic E-state index is 0.164. The molecular formula is C16H24ClN. The van der Waals surface area contributed by atoms with Crippen LogP contribution in [0.1, 0.15) is 43.7 Å². The van der Waals surface area contributed by atoms with Crippen LogP contribution in [0.3, 0.4) is 0 Å². The van der Waals surface area contributed by atoms with Gasteiger partial charge in [-0.3, -0.25) is 0 Å². The highest BCUT2D eigenvalue weighted by Crippen LogP contribution is 2.33. The molecule has 0 spiro atoms. The number of halogens is 1. The second-order valence-corrected chi connectivity index (χ2v) is 6.21. The summed E-state index contributed by atoms with van der Waals surface area (Å²) in [6, 6.07) is 8.71. The number of rotatable bonds is 4. The van der Waals surface area contributed by atoms with Crippen LogP contribution in [0.5, 0.6) is 0 Å². The van der Waals surface area contributed by atoms with Crippen LogP contribution in [-0.2, 0) is 6.54 Å². The molecule has 0 radical (unpaired) electrons. The predicted molar refractivity (Wildman–Crippen MR) is 79.1 cm³/mol. The first-order chi connectivity index (χ1) is 8.63. The Kier molecular flexibility index (Phi) is 4.69. The fourth-order valence-electron chi connectivity index (χ4n) is 2.78. The molecule has 0 atom stereocenters. The predicted octanol–water partition coefficient (Wildman–Crippen LogP) is 4.27. The Hall–Kier alpha value is -0.530. The minimum Gasteiger partial charge on any atom is -0.306 e. The summed E-state index contributed by atoms with van der Waals surface area (Å²) in [7, 11) is 0. The number of aryl methyl sites for hydroxylation is 1. The summed E-state index contributed by atoms with van der Waals surface area (Å²) in [5.41, 5.74) is 2.85. The Morgan fingerprint density at radius 2 is 2.06 bits per heavy atom. The van der Waals surface area contributed by atoms with Gasteiger partial charge in [0, 0.05) is 18.0 Å². The van der Waals surface area contributed by atoms with E-state index in [0.29, 0.717) is 0 Å². The molecule has 0 unspecified atom stereocenters. The molecule has 1 N–H and O–H groups in total. The summed E-state index contributed by atoms with van der Waals surface area (Å²) < 4.78 is 0. The van der Waals surface area contributed by atoms with Gasteiger partial charge >= 0.3 is 0 Å². The first-order valence-electron chi connectivity index (χ1n) is 7.00. The van der Waals surface area contributed by atoms with Gasteiger partial charge in [-0.1, -0.05) is 36.8 Å². The molecule has 0 aromatic heterocycles. The molecule has 1 nitrogen and oxygen atoms in total. The van der Waals surface area contributed by atoms with Crippen LogP contribution in [0.2, 0.25) is 0 Å². The molecule has 1 aromatic carbocycles. The Morgan fingerprint density at radius 3 is 2.67 bits per heavy atom. The maximum absolute atomic E-state index is 6.22. The molecule has 0 bridgehead atoms. The third-order valence-corrected chi connectivity index (χ3v) is 4.75. The molecule has 2 rings (SSSR count). The SMILES string of the molecule is Cc1cccc(CNC2(CCl)CCC(C)CC2)c1. The Morgan fingerprint density at radius 1 is 1.33 bits per heavy atom. The molecule has 18 heavy (non-hydrogen) atoms. The van der Waals surface area contributed by atoms with E-state index in [1.807, 2.05) is 0 Å². The van der Waals surface area contributed by atoms with Crippen molar-refractivity contribution in [3.8, 4) is 0 Å². The molecule has 1 fully saturated rings. The van der Waals surface area contributed by atoms with Crippen molar-refractivity contribution in [1.82, 2.24) is 5.32 Å². The Balaban J connectivity index is 1.95. The highest BCUT2D eigenvalue weighted by Gasteiger charge is 2.32. The molecule has 0 heterocycles. The molecule has 0 aliphatic heterocycles. The van der Waals surface area contributed by atoms with E-state index in [1.165, 1.54) is 36.8 Å². The summed E-state index contributed by atoms with van der Waals surface area (Å²) in [5.74, 6) is 1.59. The van der Waals surface area contributed by atoms with E-state index >= 15 is 0 Å². The van der Waals surface area contributed by atoms with Crippen LogP contribution >= 0.6 is 11.6 Å². The van der Waals surface area contributed by atoms with Crippen molar-refractivity contribution in [2.24, 2.45) is 5.92 Å². The van der Waals surface area contributed by atoms with E-state index in [2.05, 4.69) is 43.4 Å². The lowest BCUT2D eigenvalue weighted by molar-refractivity contribution is 0.216. The standard InChI is InChI=1S/C16H24ClN/c1-13-6-8-16(12-17,9-7-13)18-11-15-5-3-4-14(2)10-15/h3-5,10,13,18H,6-9,11-12H2,1-2H3.